The van der Waals surface area contributed by atoms with Crippen LogP contribution in [0.1, 0.15) is 12.5 Å². The van der Waals surface area contributed by atoms with Gasteiger partial charge in [0.05, 0.1) is 14.2 Å². The van der Waals surface area contributed by atoms with Gasteiger partial charge >= 0.3 is 5.97 Å². The average molecular weight is 249 g/mol. The highest BCUT2D eigenvalue weighted by atomic mass is 16.5. The Morgan fingerprint density at radius 1 is 1.28 bits per heavy atom. The third kappa shape index (κ3) is 2.30. The SMILES string of the molecule is COC(=O)C1N=C(c2ccc(OC)cc2)OC1C. The summed E-state index contributed by atoms with van der Waals surface area (Å²) in [7, 11) is 2.95. The maximum absolute atomic E-state index is 11.5. The van der Waals surface area contributed by atoms with Crippen molar-refractivity contribution >= 4 is 11.9 Å². The van der Waals surface area contributed by atoms with Gasteiger partial charge in [-0.3, -0.25) is 0 Å². The number of methoxy groups -OCH3 is 2. The van der Waals surface area contributed by atoms with Gasteiger partial charge in [-0.1, -0.05) is 0 Å². The fraction of sp³-hybridized carbons (Fsp3) is 0.385. The van der Waals surface area contributed by atoms with Gasteiger partial charge in [0.1, 0.15) is 11.9 Å². The number of aliphatic imine (C=N–C) groups is 1. The lowest BCUT2D eigenvalue weighted by molar-refractivity contribution is -0.143. The molecule has 0 radical (unpaired) electrons. The molecule has 96 valence electrons. The van der Waals surface area contributed by atoms with Gasteiger partial charge in [0.2, 0.25) is 5.90 Å². The normalized spacial score (nSPS) is 22.1. The first kappa shape index (κ1) is 12.4. The molecule has 0 N–H and O–H groups in total. The summed E-state index contributed by atoms with van der Waals surface area (Å²) in [4.78, 5) is 15.7. The van der Waals surface area contributed by atoms with Gasteiger partial charge < -0.3 is 14.2 Å². The van der Waals surface area contributed by atoms with Gasteiger partial charge in [0.15, 0.2) is 6.04 Å². The molecule has 0 spiro atoms. The fourth-order valence-corrected chi connectivity index (χ4v) is 1.74. The third-order valence-corrected chi connectivity index (χ3v) is 2.78. The number of hydrogen-bond donors (Lipinski definition) is 0. The van der Waals surface area contributed by atoms with Crippen LogP contribution >= 0.6 is 0 Å². The van der Waals surface area contributed by atoms with E-state index < -0.39 is 6.04 Å². The highest BCUT2D eigenvalue weighted by Gasteiger charge is 2.34. The summed E-state index contributed by atoms with van der Waals surface area (Å²) in [6.07, 6.45) is -0.311. The van der Waals surface area contributed by atoms with Gasteiger partial charge in [-0.05, 0) is 31.2 Å². The molecular formula is C13H15NO4. The summed E-state index contributed by atoms with van der Waals surface area (Å²) in [5, 5.41) is 0. The summed E-state index contributed by atoms with van der Waals surface area (Å²) in [5.41, 5.74) is 0.814. The van der Waals surface area contributed by atoms with Crippen LogP contribution in [-0.2, 0) is 14.3 Å². The van der Waals surface area contributed by atoms with Gasteiger partial charge in [-0.2, -0.15) is 0 Å². The number of carbonyl (C=O) groups is 1. The van der Waals surface area contributed by atoms with E-state index in [1.54, 1.807) is 14.0 Å². The van der Waals surface area contributed by atoms with E-state index >= 15 is 0 Å². The molecule has 0 fully saturated rings. The zero-order chi connectivity index (χ0) is 13.1. The molecule has 1 aliphatic heterocycles. The molecule has 0 bridgehead atoms. The molecule has 5 nitrogen and oxygen atoms in total. The zero-order valence-electron chi connectivity index (χ0n) is 10.5. The van der Waals surface area contributed by atoms with Crippen molar-refractivity contribution in [2.75, 3.05) is 14.2 Å². The van der Waals surface area contributed by atoms with Crippen molar-refractivity contribution in [3.05, 3.63) is 29.8 Å². The Morgan fingerprint density at radius 3 is 2.50 bits per heavy atom. The topological polar surface area (TPSA) is 57.1 Å². The Morgan fingerprint density at radius 2 is 1.94 bits per heavy atom. The first-order valence-electron chi connectivity index (χ1n) is 5.62. The first-order valence-corrected chi connectivity index (χ1v) is 5.62. The molecule has 0 saturated carbocycles. The molecule has 18 heavy (non-hydrogen) atoms. The molecule has 2 atom stereocenters. The summed E-state index contributed by atoms with van der Waals surface area (Å²) in [5.74, 6) is 0.835. The highest BCUT2D eigenvalue weighted by molar-refractivity contribution is 5.98. The van der Waals surface area contributed by atoms with E-state index in [1.165, 1.54) is 7.11 Å². The number of esters is 1. The molecule has 1 heterocycles. The monoisotopic (exact) mass is 249 g/mol. The van der Waals surface area contributed by atoms with Crippen molar-refractivity contribution < 1.29 is 19.0 Å². The van der Waals surface area contributed by atoms with Crippen LogP contribution in [0, 0.1) is 0 Å². The largest absolute Gasteiger partial charge is 0.497 e. The van der Waals surface area contributed by atoms with E-state index in [0.29, 0.717) is 5.90 Å². The van der Waals surface area contributed by atoms with Crippen LogP contribution in [0.25, 0.3) is 0 Å². The average Bonchev–Trinajstić information content (AvgIpc) is 2.80. The minimum absolute atomic E-state index is 0.311. The Kier molecular flexibility index (Phi) is 3.50. The molecule has 5 heteroatoms. The maximum Gasteiger partial charge on any atom is 0.334 e. The van der Waals surface area contributed by atoms with Crippen LogP contribution in [0.2, 0.25) is 0 Å². The first-order chi connectivity index (χ1) is 8.65. The molecule has 2 rings (SSSR count). The zero-order valence-corrected chi connectivity index (χ0v) is 10.5. The second-order valence-electron chi connectivity index (χ2n) is 3.95. The van der Waals surface area contributed by atoms with E-state index in [2.05, 4.69) is 9.73 Å². The van der Waals surface area contributed by atoms with Crippen molar-refractivity contribution in [1.82, 2.24) is 0 Å². The second-order valence-corrected chi connectivity index (χ2v) is 3.95. The molecule has 2 unspecified atom stereocenters. The van der Waals surface area contributed by atoms with Crippen molar-refractivity contribution in [3.63, 3.8) is 0 Å². The summed E-state index contributed by atoms with van der Waals surface area (Å²) in [6.45, 7) is 1.79. The fourth-order valence-electron chi connectivity index (χ4n) is 1.74. The Labute approximate surface area is 105 Å². The molecule has 1 aromatic rings. The van der Waals surface area contributed by atoms with Gasteiger partial charge in [0.25, 0.3) is 0 Å². The summed E-state index contributed by atoms with van der Waals surface area (Å²) in [6, 6.07) is 6.72. The third-order valence-electron chi connectivity index (χ3n) is 2.78. The minimum Gasteiger partial charge on any atom is -0.497 e. The van der Waals surface area contributed by atoms with Crippen molar-refractivity contribution in [3.8, 4) is 5.75 Å². The Bertz CT molecular complexity index is 466. The predicted molar refractivity (Wildman–Crippen MR) is 65.9 cm³/mol. The number of hydrogen-bond acceptors (Lipinski definition) is 5. The van der Waals surface area contributed by atoms with Crippen LogP contribution in [0.5, 0.6) is 5.75 Å². The number of rotatable bonds is 3. The van der Waals surface area contributed by atoms with E-state index in [1.807, 2.05) is 24.3 Å². The van der Waals surface area contributed by atoms with Crippen LogP contribution < -0.4 is 4.74 Å². The number of nitrogens with zero attached hydrogens (tertiary/aromatic N) is 1. The van der Waals surface area contributed by atoms with Crippen LogP contribution in [0.3, 0.4) is 0 Å². The number of ether oxygens (including phenoxy) is 3. The molecule has 0 saturated heterocycles. The molecule has 1 aliphatic rings. The highest BCUT2D eigenvalue weighted by Crippen LogP contribution is 2.20. The van der Waals surface area contributed by atoms with Gasteiger partial charge in [0, 0.05) is 5.56 Å². The summed E-state index contributed by atoms with van der Waals surface area (Å²) >= 11 is 0. The van der Waals surface area contributed by atoms with Crippen molar-refractivity contribution in [2.24, 2.45) is 4.99 Å². The quantitative estimate of drug-likeness (QED) is 0.760. The van der Waals surface area contributed by atoms with Crippen LogP contribution in [0.4, 0.5) is 0 Å². The van der Waals surface area contributed by atoms with E-state index in [9.17, 15) is 4.79 Å². The lowest BCUT2D eigenvalue weighted by atomic mass is 10.2. The number of benzene rings is 1. The van der Waals surface area contributed by atoms with Gasteiger partial charge in [-0.15, -0.1) is 0 Å². The molecule has 0 aromatic heterocycles. The molecule has 0 amide bonds. The number of carbonyl (C=O) groups excluding carboxylic acids is 1. The smallest absolute Gasteiger partial charge is 0.334 e. The maximum atomic E-state index is 11.5. The van der Waals surface area contributed by atoms with Gasteiger partial charge in [-0.25, -0.2) is 9.79 Å². The Balaban J connectivity index is 2.21. The molecular weight excluding hydrogens is 234 g/mol. The van der Waals surface area contributed by atoms with Crippen molar-refractivity contribution in [1.29, 1.82) is 0 Å². The second kappa shape index (κ2) is 5.08. The van der Waals surface area contributed by atoms with E-state index in [-0.39, 0.29) is 12.1 Å². The van der Waals surface area contributed by atoms with Crippen LogP contribution in [0.15, 0.2) is 29.3 Å². The van der Waals surface area contributed by atoms with E-state index in [0.717, 1.165) is 11.3 Å². The lowest BCUT2D eigenvalue weighted by Gasteiger charge is -2.10. The van der Waals surface area contributed by atoms with E-state index in [4.69, 9.17) is 9.47 Å². The van der Waals surface area contributed by atoms with Crippen molar-refractivity contribution in [2.45, 2.75) is 19.1 Å². The minimum atomic E-state index is -0.591. The molecule has 1 aromatic carbocycles. The van der Waals surface area contributed by atoms with Crippen LogP contribution in [-0.4, -0.2) is 38.2 Å². The lowest BCUT2D eigenvalue weighted by Crippen LogP contribution is -2.28. The predicted octanol–water partition coefficient (Wildman–Crippen LogP) is 1.40. The molecule has 0 aliphatic carbocycles. The Hall–Kier alpha value is -2.04. The standard InChI is InChI=1S/C13H15NO4/c1-8-11(13(15)17-3)14-12(18-8)9-4-6-10(16-2)7-5-9/h4-8,11H,1-3H3. The summed E-state index contributed by atoms with van der Waals surface area (Å²) < 4.78 is 15.3.